The lowest BCUT2D eigenvalue weighted by atomic mass is 10.1. The van der Waals surface area contributed by atoms with Crippen LogP contribution in [0.15, 0.2) is 60.8 Å². The Morgan fingerprint density at radius 2 is 1.71 bits per heavy atom. The number of hydrogen-bond acceptors (Lipinski definition) is 3. The van der Waals surface area contributed by atoms with Crippen molar-refractivity contribution in [3.05, 3.63) is 77.5 Å². The molecule has 3 aromatic rings. The van der Waals surface area contributed by atoms with Crippen LogP contribution in [0.25, 0.3) is 11.3 Å². The van der Waals surface area contributed by atoms with Gasteiger partial charge in [-0.3, -0.25) is 14.8 Å². The molecule has 0 bridgehead atoms. The molecular weight excluding hydrogens is 348 g/mol. The number of aryl methyl sites for hydroxylation is 1. The number of carbonyl (C=O) groups excluding carboxylic acids is 1. The predicted octanol–water partition coefficient (Wildman–Crippen LogP) is 3.62. The molecule has 4 rings (SSSR count). The zero-order valence-electron chi connectivity index (χ0n) is 16.3. The molecule has 5 nitrogen and oxygen atoms in total. The monoisotopic (exact) mass is 374 g/mol. The third-order valence-corrected chi connectivity index (χ3v) is 5.48. The van der Waals surface area contributed by atoms with E-state index >= 15 is 0 Å². The summed E-state index contributed by atoms with van der Waals surface area (Å²) in [4.78, 5) is 17.0. The van der Waals surface area contributed by atoms with Crippen LogP contribution in [0.3, 0.4) is 0 Å². The smallest absolute Gasteiger partial charge is 0.224 e. The van der Waals surface area contributed by atoms with E-state index in [2.05, 4.69) is 46.3 Å². The van der Waals surface area contributed by atoms with E-state index in [4.69, 9.17) is 0 Å². The molecule has 144 valence electrons. The number of rotatable bonds is 5. The first kappa shape index (κ1) is 18.4. The molecule has 1 aliphatic heterocycles. The molecule has 0 atom stereocenters. The van der Waals surface area contributed by atoms with Crippen LogP contribution >= 0.6 is 0 Å². The highest BCUT2D eigenvalue weighted by Crippen LogP contribution is 2.23. The molecule has 1 aliphatic rings. The highest BCUT2D eigenvalue weighted by atomic mass is 16.2. The largest absolute Gasteiger partial charge is 0.337 e. The Bertz CT molecular complexity index is 935. The van der Waals surface area contributed by atoms with Crippen LogP contribution in [-0.4, -0.2) is 45.5 Å². The Kier molecular flexibility index (Phi) is 5.53. The Morgan fingerprint density at radius 3 is 2.54 bits per heavy atom. The molecule has 1 fully saturated rings. The molecule has 1 amide bonds. The fraction of sp³-hybridized carbons (Fsp3) is 0.304. The molecule has 1 aromatic heterocycles. The first-order chi connectivity index (χ1) is 13.7. The fourth-order valence-corrected chi connectivity index (χ4v) is 3.76. The molecule has 0 unspecified atom stereocenters. The molecule has 0 spiro atoms. The summed E-state index contributed by atoms with van der Waals surface area (Å²) in [5, 5.41) is 7.38. The van der Waals surface area contributed by atoms with Crippen molar-refractivity contribution < 1.29 is 4.79 Å². The topological polar surface area (TPSA) is 52.2 Å². The van der Waals surface area contributed by atoms with E-state index in [0.29, 0.717) is 13.0 Å². The van der Waals surface area contributed by atoms with Crippen LogP contribution in [0.4, 0.5) is 0 Å². The van der Waals surface area contributed by atoms with Crippen molar-refractivity contribution in [1.82, 2.24) is 20.0 Å². The summed E-state index contributed by atoms with van der Waals surface area (Å²) in [5.74, 6) is 0.237. The van der Waals surface area contributed by atoms with Crippen LogP contribution in [0.2, 0.25) is 0 Å². The average Bonchev–Trinajstić information content (AvgIpc) is 3.11. The van der Waals surface area contributed by atoms with Crippen LogP contribution in [0, 0.1) is 6.92 Å². The molecule has 5 heteroatoms. The lowest BCUT2D eigenvalue weighted by Gasteiger charge is -2.23. The molecular formula is C23H26N4O. The summed E-state index contributed by atoms with van der Waals surface area (Å²) in [5.41, 5.74) is 5.84. The van der Waals surface area contributed by atoms with Gasteiger partial charge in [-0.2, -0.15) is 5.10 Å². The van der Waals surface area contributed by atoms with E-state index in [1.54, 1.807) is 0 Å². The molecule has 28 heavy (non-hydrogen) atoms. The molecule has 1 N–H and O–H groups in total. The zero-order valence-corrected chi connectivity index (χ0v) is 16.3. The van der Waals surface area contributed by atoms with E-state index in [-0.39, 0.29) is 5.91 Å². The third kappa shape index (κ3) is 4.15. The number of carbonyl (C=O) groups is 1. The van der Waals surface area contributed by atoms with Crippen molar-refractivity contribution in [2.24, 2.45) is 0 Å². The van der Waals surface area contributed by atoms with Gasteiger partial charge in [0.05, 0.1) is 11.9 Å². The summed E-state index contributed by atoms with van der Waals surface area (Å²) >= 11 is 0. The van der Waals surface area contributed by atoms with Gasteiger partial charge < -0.3 is 4.90 Å². The van der Waals surface area contributed by atoms with Crippen molar-refractivity contribution in [2.45, 2.75) is 26.4 Å². The van der Waals surface area contributed by atoms with Gasteiger partial charge in [-0.1, -0.05) is 54.6 Å². The first-order valence-electron chi connectivity index (χ1n) is 9.83. The molecule has 2 aromatic carbocycles. The number of H-pyrrole nitrogens is 1. The van der Waals surface area contributed by atoms with Crippen molar-refractivity contribution in [2.75, 3.05) is 19.6 Å². The molecule has 1 saturated heterocycles. The Labute approximate surface area is 166 Å². The average molecular weight is 374 g/mol. The minimum absolute atomic E-state index is 0.237. The summed E-state index contributed by atoms with van der Waals surface area (Å²) in [6.45, 7) is 6.01. The van der Waals surface area contributed by atoms with Crippen LogP contribution in [-0.2, 0) is 17.9 Å². The number of amides is 1. The highest BCUT2D eigenvalue weighted by molar-refractivity contribution is 5.76. The van der Waals surface area contributed by atoms with E-state index in [0.717, 1.165) is 37.4 Å². The minimum atomic E-state index is 0.237. The van der Waals surface area contributed by atoms with Crippen LogP contribution in [0.1, 0.15) is 23.1 Å². The summed E-state index contributed by atoms with van der Waals surface area (Å²) in [7, 11) is 0. The van der Waals surface area contributed by atoms with Crippen molar-refractivity contribution >= 4 is 5.91 Å². The number of aromatic nitrogens is 2. The lowest BCUT2D eigenvalue weighted by molar-refractivity contribution is -0.130. The van der Waals surface area contributed by atoms with Gasteiger partial charge in [0, 0.05) is 44.7 Å². The SMILES string of the molecule is Cc1ccccc1CN1CCN(Cc2cn[nH]c2-c2ccccc2)CCC1=O. The Balaban J connectivity index is 1.43. The van der Waals surface area contributed by atoms with Crippen molar-refractivity contribution in [1.29, 1.82) is 0 Å². The summed E-state index contributed by atoms with van der Waals surface area (Å²) in [6.07, 6.45) is 2.46. The van der Waals surface area contributed by atoms with E-state index < -0.39 is 0 Å². The van der Waals surface area contributed by atoms with Crippen molar-refractivity contribution in [3.63, 3.8) is 0 Å². The number of nitrogens with one attached hydrogen (secondary N) is 1. The first-order valence-corrected chi connectivity index (χ1v) is 9.83. The maximum atomic E-state index is 12.6. The van der Waals surface area contributed by atoms with E-state index in [1.807, 2.05) is 41.4 Å². The maximum Gasteiger partial charge on any atom is 0.224 e. The molecule has 2 heterocycles. The second-order valence-corrected chi connectivity index (χ2v) is 7.40. The summed E-state index contributed by atoms with van der Waals surface area (Å²) in [6, 6.07) is 18.6. The van der Waals surface area contributed by atoms with Crippen molar-refractivity contribution in [3.8, 4) is 11.3 Å². The number of nitrogens with zero attached hydrogens (tertiary/aromatic N) is 3. The number of aromatic amines is 1. The van der Waals surface area contributed by atoms with E-state index in [1.165, 1.54) is 16.7 Å². The van der Waals surface area contributed by atoms with E-state index in [9.17, 15) is 4.79 Å². The van der Waals surface area contributed by atoms with Gasteiger partial charge in [0.1, 0.15) is 0 Å². The standard InChI is InChI=1S/C23H26N4O/c1-18-7-5-6-10-20(18)17-27-14-13-26(12-11-22(27)28)16-21-15-24-25-23(21)19-8-3-2-4-9-19/h2-10,15H,11-14,16-17H2,1H3,(H,24,25). The summed E-state index contributed by atoms with van der Waals surface area (Å²) < 4.78 is 0. The lowest BCUT2D eigenvalue weighted by Crippen LogP contribution is -2.33. The van der Waals surface area contributed by atoms with Crippen LogP contribution in [0.5, 0.6) is 0 Å². The Morgan fingerprint density at radius 1 is 0.929 bits per heavy atom. The second-order valence-electron chi connectivity index (χ2n) is 7.40. The van der Waals surface area contributed by atoms with Gasteiger partial charge in [-0.15, -0.1) is 0 Å². The van der Waals surface area contributed by atoms with Gasteiger partial charge >= 0.3 is 0 Å². The number of benzene rings is 2. The van der Waals surface area contributed by atoms with Gasteiger partial charge in [-0.05, 0) is 23.6 Å². The minimum Gasteiger partial charge on any atom is -0.337 e. The number of hydrogen-bond donors (Lipinski definition) is 1. The highest BCUT2D eigenvalue weighted by Gasteiger charge is 2.22. The Hall–Kier alpha value is -2.92. The third-order valence-electron chi connectivity index (χ3n) is 5.48. The molecule has 0 saturated carbocycles. The second kappa shape index (κ2) is 8.40. The van der Waals surface area contributed by atoms with Gasteiger partial charge in [0.15, 0.2) is 0 Å². The van der Waals surface area contributed by atoms with Crippen LogP contribution < -0.4 is 0 Å². The fourth-order valence-electron chi connectivity index (χ4n) is 3.76. The zero-order chi connectivity index (χ0) is 19.3. The van der Waals surface area contributed by atoms with Gasteiger partial charge in [0.25, 0.3) is 0 Å². The van der Waals surface area contributed by atoms with Gasteiger partial charge in [0.2, 0.25) is 5.91 Å². The predicted molar refractivity (Wildman–Crippen MR) is 111 cm³/mol. The maximum absolute atomic E-state index is 12.6. The molecule has 0 aliphatic carbocycles. The molecule has 0 radical (unpaired) electrons. The normalized spacial score (nSPS) is 15.6. The quantitative estimate of drug-likeness (QED) is 0.742. The van der Waals surface area contributed by atoms with Gasteiger partial charge in [-0.25, -0.2) is 0 Å².